The third kappa shape index (κ3) is 4.38. The number of ketones is 1. The Bertz CT molecular complexity index is 952. The Morgan fingerprint density at radius 1 is 1.24 bits per heavy atom. The number of benzene rings is 1. The minimum Gasteiger partial charge on any atom is -0.401 e. The number of fused-ring (bicyclic) bond motifs is 1. The standard InChI is InChI=1S/C23H28N4O2/c1-4-7-19(24)13-25-14-21(28)27-15(3)23(29)22-20(27)11-18(12-26-22)17-9-6-8-16(5-2)10-17/h6-12,15,25H,4-5,13-14,24H2,1-3H3/b19-7-. The molecule has 0 bridgehead atoms. The maximum atomic E-state index is 12.9. The molecule has 0 fully saturated rings. The molecule has 0 aliphatic carbocycles. The van der Waals surface area contributed by atoms with Crippen molar-refractivity contribution in [3.05, 3.63) is 59.6 Å². The summed E-state index contributed by atoms with van der Waals surface area (Å²) >= 11 is 0. The fourth-order valence-corrected chi connectivity index (χ4v) is 3.56. The predicted octanol–water partition coefficient (Wildman–Crippen LogP) is 3.07. The van der Waals surface area contributed by atoms with E-state index in [1.54, 1.807) is 18.0 Å². The summed E-state index contributed by atoms with van der Waals surface area (Å²) in [4.78, 5) is 31.4. The maximum absolute atomic E-state index is 12.9. The van der Waals surface area contributed by atoms with Gasteiger partial charge in [-0.15, -0.1) is 0 Å². The van der Waals surface area contributed by atoms with Crippen molar-refractivity contribution < 1.29 is 9.59 Å². The van der Waals surface area contributed by atoms with Crippen LogP contribution in [-0.4, -0.2) is 35.8 Å². The molecule has 1 aromatic carbocycles. The predicted molar refractivity (Wildman–Crippen MR) is 116 cm³/mol. The highest BCUT2D eigenvalue weighted by Gasteiger charge is 2.39. The van der Waals surface area contributed by atoms with Gasteiger partial charge in [0.05, 0.1) is 18.3 Å². The van der Waals surface area contributed by atoms with Crippen LogP contribution in [0.25, 0.3) is 11.1 Å². The van der Waals surface area contributed by atoms with Gasteiger partial charge < -0.3 is 11.1 Å². The summed E-state index contributed by atoms with van der Waals surface area (Å²) in [6.45, 7) is 6.39. The molecule has 3 N–H and O–H groups in total. The molecular formula is C23H28N4O2. The number of aromatic nitrogens is 1. The average molecular weight is 393 g/mol. The molecule has 2 aromatic rings. The van der Waals surface area contributed by atoms with Crippen molar-refractivity contribution in [2.75, 3.05) is 18.0 Å². The van der Waals surface area contributed by atoms with Gasteiger partial charge in [0.25, 0.3) is 0 Å². The minimum absolute atomic E-state index is 0.102. The van der Waals surface area contributed by atoms with Crippen LogP contribution in [0.3, 0.4) is 0 Å². The highest BCUT2D eigenvalue weighted by Crippen LogP contribution is 2.34. The van der Waals surface area contributed by atoms with E-state index in [4.69, 9.17) is 5.73 Å². The van der Waals surface area contributed by atoms with Crippen LogP contribution in [0.5, 0.6) is 0 Å². The van der Waals surface area contributed by atoms with Crippen LogP contribution in [0.1, 0.15) is 43.2 Å². The number of anilines is 1. The first-order chi connectivity index (χ1) is 14.0. The van der Waals surface area contributed by atoms with E-state index >= 15 is 0 Å². The molecule has 1 aliphatic heterocycles. The average Bonchev–Trinajstić information content (AvgIpc) is 2.98. The van der Waals surface area contributed by atoms with E-state index in [-0.39, 0.29) is 18.2 Å². The molecule has 0 saturated heterocycles. The summed E-state index contributed by atoms with van der Waals surface area (Å²) in [5.41, 5.74) is 10.6. The van der Waals surface area contributed by atoms with E-state index in [0.717, 1.165) is 24.0 Å². The second-order valence-electron chi connectivity index (χ2n) is 7.24. The molecule has 3 rings (SSSR count). The van der Waals surface area contributed by atoms with E-state index in [2.05, 4.69) is 29.4 Å². The minimum atomic E-state index is -0.562. The Hall–Kier alpha value is -2.99. The van der Waals surface area contributed by atoms with Gasteiger partial charge in [-0.05, 0) is 37.0 Å². The van der Waals surface area contributed by atoms with Gasteiger partial charge in [0, 0.05) is 24.0 Å². The summed E-state index contributed by atoms with van der Waals surface area (Å²) in [5.74, 6) is -0.303. The van der Waals surface area contributed by atoms with Crippen molar-refractivity contribution in [2.24, 2.45) is 5.73 Å². The third-order valence-electron chi connectivity index (χ3n) is 5.14. The molecule has 1 atom stereocenters. The monoisotopic (exact) mass is 392 g/mol. The first-order valence-corrected chi connectivity index (χ1v) is 10.1. The molecule has 1 aromatic heterocycles. The van der Waals surface area contributed by atoms with Gasteiger partial charge in [-0.25, -0.2) is 0 Å². The number of hydrogen-bond acceptors (Lipinski definition) is 5. The molecule has 6 heteroatoms. The zero-order valence-corrected chi connectivity index (χ0v) is 17.2. The normalized spacial score (nSPS) is 16.2. The van der Waals surface area contributed by atoms with Crippen LogP contribution in [0.2, 0.25) is 0 Å². The van der Waals surface area contributed by atoms with Crippen LogP contribution < -0.4 is 16.0 Å². The van der Waals surface area contributed by atoms with Crippen LogP contribution in [0.15, 0.2) is 48.3 Å². The number of aryl methyl sites for hydroxylation is 1. The lowest BCUT2D eigenvalue weighted by atomic mass is 10.0. The summed E-state index contributed by atoms with van der Waals surface area (Å²) in [7, 11) is 0. The molecule has 6 nitrogen and oxygen atoms in total. The summed E-state index contributed by atoms with van der Waals surface area (Å²) in [6.07, 6.45) is 5.41. The molecule has 1 aliphatic rings. The smallest absolute Gasteiger partial charge is 0.241 e. The fraction of sp³-hybridized carbons (Fsp3) is 0.348. The van der Waals surface area contributed by atoms with E-state index in [1.165, 1.54) is 5.56 Å². The van der Waals surface area contributed by atoms with Gasteiger partial charge in [0.15, 0.2) is 0 Å². The highest BCUT2D eigenvalue weighted by atomic mass is 16.2. The number of amides is 1. The molecule has 1 amide bonds. The number of Topliss-reactive ketones (excluding diaryl/α,β-unsaturated/α-hetero) is 1. The number of hydrogen-bond donors (Lipinski definition) is 2. The van der Waals surface area contributed by atoms with Crippen molar-refractivity contribution in [3.8, 4) is 11.1 Å². The molecule has 0 radical (unpaired) electrons. The van der Waals surface area contributed by atoms with E-state index in [0.29, 0.717) is 23.6 Å². The van der Waals surface area contributed by atoms with Crippen molar-refractivity contribution in [1.29, 1.82) is 0 Å². The lowest BCUT2D eigenvalue weighted by molar-refractivity contribution is -0.118. The molecule has 2 heterocycles. The first kappa shape index (κ1) is 20.7. The van der Waals surface area contributed by atoms with E-state index in [1.807, 2.05) is 31.2 Å². The van der Waals surface area contributed by atoms with Gasteiger partial charge in [-0.2, -0.15) is 0 Å². The van der Waals surface area contributed by atoms with Gasteiger partial charge in [-0.3, -0.25) is 19.5 Å². The summed E-state index contributed by atoms with van der Waals surface area (Å²) in [6, 6.07) is 9.54. The molecule has 0 saturated carbocycles. The van der Waals surface area contributed by atoms with Crippen molar-refractivity contribution >= 4 is 17.4 Å². The number of carbonyl (C=O) groups is 2. The molecular weight excluding hydrogens is 364 g/mol. The second-order valence-corrected chi connectivity index (χ2v) is 7.24. The summed E-state index contributed by atoms with van der Waals surface area (Å²) in [5, 5.41) is 3.06. The van der Waals surface area contributed by atoms with Crippen LogP contribution in [0.4, 0.5) is 5.69 Å². The third-order valence-corrected chi connectivity index (χ3v) is 5.14. The number of nitrogens with one attached hydrogen (secondary N) is 1. The Labute approximate surface area is 171 Å². The van der Waals surface area contributed by atoms with Crippen molar-refractivity contribution in [3.63, 3.8) is 0 Å². The lowest BCUT2D eigenvalue weighted by Crippen LogP contribution is -2.43. The molecule has 29 heavy (non-hydrogen) atoms. The van der Waals surface area contributed by atoms with Crippen LogP contribution >= 0.6 is 0 Å². The quantitative estimate of drug-likeness (QED) is 0.756. The SMILES string of the molecule is CC/C=C(\N)CNCC(=O)N1c2cc(-c3cccc(CC)c3)cnc2C(=O)C1C. The molecule has 0 spiro atoms. The Morgan fingerprint density at radius 2 is 2.03 bits per heavy atom. The van der Waals surface area contributed by atoms with Gasteiger partial charge in [0.2, 0.25) is 11.7 Å². The van der Waals surface area contributed by atoms with Crippen molar-refractivity contribution in [1.82, 2.24) is 10.3 Å². The van der Waals surface area contributed by atoms with Crippen molar-refractivity contribution in [2.45, 2.75) is 39.7 Å². The fourth-order valence-electron chi connectivity index (χ4n) is 3.56. The Kier molecular flexibility index (Phi) is 6.44. The molecule has 1 unspecified atom stereocenters. The topological polar surface area (TPSA) is 88.3 Å². The number of rotatable bonds is 7. The Morgan fingerprint density at radius 3 is 2.76 bits per heavy atom. The zero-order valence-electron chi connectivity index (χ0n) is 17.2. The largest absolute Gasteiger partial charge is 0.401 e. The lowest BCUT2D eigenvalue weighted by Gasteiger charge is -2.22. The number of carbonyl (C=O) groups excluding carboxylic acids is 2. The van der Waals surface area contributed by atoms with Crippen LogP contribution in [0, 0.1) is 0 Å². The number of nitrogens with two attached hydrogens (primary N) is 1. The van der Waals surface area contributed by atoms with E-state index in [9.17, 15) is 9.59 Å². The van der Waals surface area contributed by atoms with E-state index < -0.39 is 6.04 Å². The number of allylic oxidation sites excluding steroid dienone is 1. The highest BCUT2D eigenvalue weighted by molar-refractivity contribution is 6.17. The zero-order chi connectivity index (χ0) is 21.0. The Balaban J connectivity index is 1.85. The second kappa shape index (κ2) is 9.01. The number of nitrogens with zero attached hydrogens (tertiary/aromatic N) is 2. The van der Waals surface area contributed by atoms with Gasteiger partial charge in [-0.1, -0.05) is 44.2 Å². The molecule has 152 valence electrons. The van der Waals surface area contributed by atoms with Gasteiger partial charge in [0.1, 0.15) is 5.69 Å². The first-order valence-electron chi connectivity index (χ1n) is 10.1. The van der Waals surface area contributed by atoms with Gasteiger partial charge >= 0.3 is 0 Å². The number of pyridine rings is 1. The maximum Gasteiger partial charge on any atom is 0.241 e. The summed E-state index contributed by atoms with van der Waals surface area (Å²) < 4.78 is 0. The van der Waals surface area contributed by atoms with Crippen LogP contribution in [-0.2, 0) is 11.2 Å².